The number of carboxylic acids is 2. The second-order valence-electron chi connectivity index (χ2n) is 9.08. The van der Waals surface area contributed by atoms with Crippen molar-refractivity contribution in [3.8, 4) is 0 Å². The van der Waals surface area contributed by atoms with Gasteiger partial charge in [0.15, 0.2) is 0 Å². The number of nitrogens with one attached hydrogen (secondary N) is 4. The molecule has 1 heterocycles. The number of hydrogen-bond donors (Lipinski definition) is 8. The number of benzene rings is 1. The van der Waals surface area contributed by atoms with Gasteiger partial charge in [0, 0.05) is 23.5 Å². The average Bonchev–Trinajstić information content (AvgIpc) is 3.30. The predicted octanol–water partition coefficient (Wildman–Crippen LogP) is -0.930. The van der Waals surface area contributed by atoms with Crippen LogP contribution >= 0.6 is 11.8 Å². The van der Waals surface area contributed by atoms with E-state index < -0.39 is 72.6 Å². The molecule has 4 amide bonds. The molecule has 0 aliphatic heterocycles. The number of carbonyl (C=O) groups excluding carboxylic acids is 4. The fourth-order valence-electron chi connectivity index (χ4n) is 3.90. The van der Waals surface area contributed by atoms with Gasteiger partial charge in [-0.2, -0.15) is 11.8 Å². The summed E-state index contributed by atoms with van der Waals surface area (Å²) in [6, 6.07) is 2.17. The Morgan fingerprint density at radius 2 is 1.52 bits per heavy atom. The summed E-state index contributed by atoms with van der Waals surface area (Å²) < 4.78 is 0. The van der Waals surface area contributed by atoms with Gasteiger partial charge in [0.1, 0.15) is 18.1 Å². The number of rotatable bonds is 17. The van der Waals surface area contributed by atoms with Crippen molar-refractivity contribution in [1.29, 1.82) is 0 Å². The smallest absolute Gasteiger partial charge is 0.326 e. The number of nitrogens with two attached hydrogens (primary N) is 2. The number of thioether (sulfide) groups is 1. The molecule has 1 aromatic heterocycles. The standard InChI is InChI=1S/C25H34N6O8S/c1-40-9-8-18(24(37)31-19(25(38)39)11-20(27)32)30-23(36)17(6-7-21(33)34)29-22(35)15(26)10-13-12-28-16-5-3-2-4-14(13)16/h2-5,12,15,17-19,28H,6-11,26H2,1H3,(H2,27,32)(H,29,35)(H,30,36)(H,31,37)(H,33,34)(H,38,39). The van der Waals surface area contributed by atoms with Crippen LogP contribution in [0.2, 0.25) is 0 Å². The summed E-state index contributed by atoms with van der Waals surface area (Å²) in [4.78, 5) is 75.8. The van der Waals surface area contributed by atoms with Crippen LogP contribution in [0.5, 0.6) is 0 Å². The summed E-state index contributed by atoms with van der Waals surface area (Å²) in [5.41, 5.74) is 12.8. The van der Waals surface area contributed by atoms with Gasteiger partial charge in [-0.1, -0.05) is 18.2 Å². The molecule has 14 nitrogen and oxygen atoms in total. The van der Waals surface area contributed by atoms with Crippen LogP contribution in [0.25, 0.3) is 10.9 Å². The van der Waals surface area contributed by atoms with Crippen LogP contribution in [0.3, 0.4) is 0 Å². The lowest BCUT2D eigenvalue weighted by atomic mass is 10.0. The molecular weight excluding hydrogens is 544 g/mol. The van der Waals surface area contributed by atoms with Crippen LogP contribution in [0.15, 0.2) is 30.5 Å². The minimum Gasteiger partial charge on any atom is -0.481 e. The molecule has 2 rings (SSSR count). The number of para-hydroxylation sites is 1. The van der Waals surface area contributed by atoms with Crippen molar-refractivity contribution in [2.45, 2.75) is 56.3 Å². The number of aromatic nitrogens is 1. The molecule has 2 aromatic rings. The maximum absolute atomic E-state index is 13.1. The summed E-state index contributed by atoms with van der Waals surface area (Å²) in [6.07, 6.45) is 2.30. The van der Waals surface area contributed by atoms with Crippen molar-refractivity contribution in [1.82, 2.24) is 20.9 Å². The molecule has 40 heavy (non-hydrogen) atoms. The zero-order valence-electron chi connectivity index (χ0n) is 21.8. The minimum atomic E-state index is -1.61. The minimum absolute atomic E-state index is 0.0846. The van der Waals surface area contributed by atoms with Crippen molar-refractivity contribution < 1.29 is 39.0 Å². The first-order valence-corrected chi connectivity index (χ1v) is 13.8. The fraction of sp³-hybridized carbons (Fsp3) is 0.440. The summed E-state index contributed by atoms with van der Waals surface area (Å²) >= 11 is 1.36. The number of carboxylic acid groups (broad SMARTS) is 2. The molecule has 4 unspecified atom stereocenters. The number of H-pyrrole nitrogens is 1. The molecule has 0 saturated heterocycles. The molecular formula is C25H34N6O8S. The van der Waals surface area contributed by atoms with Gasteiger partial charge in [-0.15, -0.1) is 0 Å². The van der Waals surface area contributed by atoms with Gasteiger partial charge in [0.2, 0.25) is 23.6 Å². The number of primary amides is 1. The quantitative estimate of drug-likeness (QED) is 0.114. The van der Waals surface area contributed by atoms with Gasteiger partial charge in [-0.05, 0) is 42.9 Å². The number of aromatic amines is 1. The Kier molecular flexibility index (Phi) is 12.4. The molecule has 218 valence electrons. The number of carbonyl (C=O) groups is 6. The fourth-order valence-corrected chi connectivity index (χ4v) is 4.37. The topological polar surface area (TPSA) is 247 Å². The lowest BCUT2D eigenvalue weighted by Gasteiger charge is -2.25. The molecule has 0 aliphatic carbocycles. The Balaban J connectivity index is 2.15. The highest BCUT2D eigenvalue weighted by Crippen LogP contribution is 2.19. The Bertz CT molecular complexity index is 1230. The van der Waals surface area contributed by atoms with Crippen molar-refractivity contribution in [3.05, 3.63) is 36.0 Å². The van der Waals surface area contributed by atoms with Gasteiger partial charge in [-0.3, -0.25) is 24.0 Å². The lowest BCUT2D eigenvalue weighted by molar-refractivity contribution is -0.143. The van der Waals surface area contributed by atoms with E-state index in [1.54, 1.807) is 12.5 Å². The van der Waals surface area contributed by atoms with Crippen molar-refractivity contribution in [2.75, 3.05) is 12.0 Å². The van der Waals surface area contributed by atoms with Crippen molar-refractivity contribution in [2.24, 2.45) is 11.5 Å². The largest absolute Gasteiger partial charge is 0.481 e. The molecule has 0 fully saturated rings. The third-order valence-corrected chi connectivity index (χ3v) is 6.64. The average molecular weight is 579 g/mol. The van der Waals surface area contributed by atoms with Crippen LogP contribution in [0.1, 0.15) is 31.2 Å². The summed E-state index contributed by atoms with van der Waals surface area (Å²) in [7, 11) is 0. The van der Waals surface area contributed by atoms with Gasteiger partial charge in [-0.25, -0.2) is 4.79 Å². The lowest BCUT2D eigenvalue weighted by Crippen LogP contribution is -2.57. The first kappa shape index (κ1) is 32.1. The number of fused-ring (bicyclic) bond motifs is 1. The van der Waals surface area contributed by atoms with Crippen LogP contribution in [0, 0.1) is 0 Å². The van der Waals surface area contributed by atoms with E-state index >= 15 is 0 Å². The second kappa shape index (κ2) is 15.5. The molecule has 10 N–H and O–H groups in total. The Hall–Kier alpha value is -4.11. The third kappa shape index (κ3) is 9.89. The maximum Gasteiger partial charge on any atom is 0.326 e. The highest BCUT2D eigenvalue weighted by molar-refractivity contribution is 7.98. The van der Waals surface area contributed by atoms with Gasteiger partial charge in [0.25, 0.3) is 0 Å². The van der Waals surface area contributed by atoms with E-state index in [-0.39, 0.29) is 19.3 Å². The van der Waals surface area contributed by atoms with E-state index in [2.05, 4.69) is 20.9 Å². The molecule has 0 radical (unpaired) electrons. The number of hydrogen-bond acceptors (Lipinski definition) is 8. The molecule has 0 spiro atoms. The van der Waals surface area contributed by atoms with E-state index in [9.17, 15) is 33.9 Å². The second-order valence-corrected chi connectivity index (χ2v) is 10.1. The van der Waals surface area contributed by atoms with Gasteiger partial charge in [0.05, 0.1) is 12.5 Å². The first-order valence-electron chi connectivity index (χ1n) is 12.4. The normalized spacial score (nSPS) is 13.9. The molecule has 15 heteroatoms. The first-order chi connectivity index (χ1) is 18.9. The zero-order valence-corrected chi connectivity index (χ0v) is 22.7. The highest BCUT2D eigenvalue weighted by atomic mass is 32.2. The van der Waals surface area contributed by atoms with Gasteiger partial charge >= 0.3 is 11.9 Å². The maximum atomic E-state index is 13.1. The summed E-state index contributed by atoms with van der Waals surface area (Å²) in [6.45, 7) is 0. The summed E-state index contributed by atoms with van der Waals surface area (Å²) in [5, 5.41) is 26.4. The molecule has 4 atom stereocenters. The van der Waals surface area contributed by atoms with Gasteiger partial charge < -0.3 is 42.6 Å². The number of aliphatic carboxylic acids is 2. The Labute approximate surface area is 234 Å². The van der Waals surface area contributed by atoms with E-state index in [0.29, 0.717) is 5.75 Å². The van der Waals surface area contributed by atoms with Crippen LogP contribution in [-0.4, -0.2) is 86.9 Å². The predicted molar refractivity (Wildman–Crippen MR) is 147 cm³/mol. The van der Waals surface area contributed by atoms with Crippen LogP contribution < -0.4 is 27.4 Å². The SMILES string of the molecule is CSCCC(NC(=O)C(CCC(=O)O)NC(=O)C(N)Cc1c[nH]c2ccccc12)C(=O)NC(CC(N)=O)C(=O)O. The highest BCUT2D eigenvalue weighted by Gasteiger charge is 2.31. The van der Waals surface area contributed by atoms with Crippen molar-refractivity contribution >= 4 is 58.2 Å². The third-order valence-electron chi connectivity index (χ3n) is 5.99. The molecule has 0 aliphatic rings. The Morgan fingerprint density at radius 3 is 2.12 bits per heavy atom. The Morgan fingerprint density at radius 1 is 0.925 bits per heavy atom. The van der Waals surface area contributed by atoms with E-state index in [4.69, 9.17) is 16.6 Å². The zero-order chi connectivity index (χ0) is 29.8. The molecule has 1 aromatic carbocycles. The van der Waals surface area contributed by atoms with Crippen LogP contribution in [-0.2, 0) is 35.2 Å². The van der Waals surface area contributed by atoms with E-state index in [0.717, 1.165) is 16.5 Å². The summed E-state index contributed by atoms with van der Waals surface area (Å²) in [5.74, 6) is -5.67. The van der Waals surface area contributed by atoms with Crippen LogP contribution in [0.4, 0.5) is 0 Å². The molecule has 0 saturated carbocycles. The number of amides is 4. The monoisotopic (exact) mass is 578 g/mol. The van der Waals surface area contributed by atoms with E-state index in [1.165, 1.54) is 11.8 Å². The molecule has 0 bridgehead atoms. The van der Waals surface area contributed by atoms with E-state index in [1.807, 2.05) is 24.3 Å². The van der Waals surface area contributed by atoms with Crippen molar-refractivity contribution in [3.63, 3.8) is 0 Å².